The van der Waals surface area contributed by atoms with Gasteiger partial charge in [-0.05, 0) is 30.5 Å². The summed E-state index contributed by atoms with van der Waals surface area (Å²) in [5.74, 6) is 0.575. The van der Waals surface area contributed by atoms with Crippen molar-refractivity contribution in [2.75, 3.05) is 13.4 Å². The number of alkyl halides is 3. The van der Waals surface area contributed by atoms with Crippen molar-refractivity contribution in [1.82, 2.24) is 5.32 Å². The van der Waals surface area contributed by atoms with Crippen molar-refractivity contribution in [1.29, 1.82) is 0 Å². The number of benzene rings is 1. The summed E-state index contributed by atoms with van der Waals surface area (Å²) in [5.41, 5.74) is 2.87. The largest absolute Gasteiger partial charge is 0.467 e. The minimum atomic E-state index is -4.33. The molecule has 0 amide bonds. The summed E-state index contributed by atoms with van der Waals surface area (Å²) in [7, 11) is 0. The molecule has 0 aliphatic heterocycles. The molecular weight excluding hydrogens is 283 g/mol. The molecule has 0 bridgehead atoms. The zero-order chi connectivity index (χ0) is 16.0. The Morgan fingerprint density at radius 1 is 1.14 bits per heavy atom. The van der Waals surface area contributed by atoms with E-state index in [-0.39, 0.29) is 0 Å². The van der Waals surface area contributed by atoms with Crippen molar-refractivity contribution in [3.63, 3.8) is 0 Å². The summed E-state index contributed by atoms with van der Waals surface area (Å²) in [6, 6.07) is 4.31. The fourth-order valence-electron chi connectivity index (χ4n) is 1.95. The number of hydrogen-bond acceptors (Lipinski definition) is 3. The Morgan fingerprint density at radius 3 is 2.19 bits per heavy atom. The molecular formula is C15H22F3NO2. The lowest BCUT2D eigenvalue weighted by atomic mass is 10.1. The number of ether oxygens (including phenoxy) is 2. The molecule has 0 fully saturated rings. The van der Waals surface area contributed by atoms with Crippen LogP contribution in [0.1, 0.15) is 30.5 Å². The first kappa shape index (κ1) is 17.8. The minimum Gasteiger partial charge on any atom is -0.467 e. The molecule has 1 N–H and O–H groups in total. The maximum Gasteiger partial charge on any atom is 0.411 e. The Labute approximate surface area is 123 Å². The third-order valence-electron chi connectivity index (χ3n) is 2.79. The van der Waals surface area contributed by atoms with Gasteiger partial charge in [-0.2, -0.15) is 13.2 Å². The van der Waals surface area contributed by atoms with Gasteiger partial charge in [-0.3, -0.25) is 0 Å². The second-order valence-electron chi connectivity index (χ2n) is 5.32. The Bertz CT molecular complexity index is 436. The SMILES string of the molecule is Cc1cc(CNC(C)C)cc(C)c1OCOCC(F)(F)F. The fourth-order valence-corrected chi connectivity index (χ4v) is 1.95. The van der Waals surface area contributed by atoms with Gasteiger partial charge in [0.15, 0.2) is 6.79 Å². The second-order valence-corrected chi connectivity index (χ2v) is 5.32. The number of nitrogens with one attached hydrogen (secondary N) is 1. The van der Waals surface area contributed by atoms with Crippen molar-refractivity contribution in [3.8, 4) is 5.75 Å². The van der Waals surface area contributed by atoms with Gasteiger partial charge in [-0.1, -0.05) is 26.0 Å². The van der Waals surface area contributed by atoms with Gasteiger partial charge in [0, 0.05) is 12.6 Å². The van der Waals surface area contributed by atoms with Crippen LogP contribution >= 0.6 is 0 Å². The third-order valence-corrected chi connectivity index (χ3v) is 2.79. The highest BCUT2D eigenvalue weighted by molar-refractivity contribution is 5.43. The molecule has 120 valence electrons. The van der Waals surface area contributed by atoms with Crippen LogP contribution < -0.4 is 10.1 Å². The molecule has 1 aromatic rings. The van der Waals surface area contributed by atoms with Gasteiger partial charge in [-0.15, -0.1) is 0 Å². The van der Waals surface area contributed by atoms with Crippen LogP contribution in [0.2, 0.25) is 0 Å². The van der Waals surface area contributed by atoms with E-state index in [0.717, 1.165) is 23.2 Å². The Kier molecular flexibility index (Phi) is 6.48. The van der Waals surface area contributed by atoms with Crippen LogP contribution in [0.15, 0.2) is 12.1 Å². The summed E-state index contributed by atoms with van der Waals surface area (Å²) in [4.78, 5) is 0. The van der Waals surface area contributed by atoms with E-state index >= 15 is 0 Å². The first-order chi connectivity index (χ1) is 9.69. The van der Waals surface area contributed by atoms with E-state index in [1.807, 2.05) is 26.0 Å². The fraction of sp³-hybridized carbons (Fsp3) is 0.600. The van der Waals surface area contributed by atoms with E-state index in [0.29, 0.717) is 11.8 Å². The van der Waals surface area contributed by atoms with Gasteiger partial charge in [0.05, 0.1) is 0 Å². The van der Waals surface area contributed by atoms with Gasteiger partial charge in [-0.25, -0.2) is 0 Å². The molecule has 0 heterocycles. The Balaban J connectivity index is 2.59. The van der Waals surface area contributed by atoms with Gasteiger partial charge in [0.1, 0.15) is 12.4 Å². The standard InChI is InChI=1S/C15H22F3NO2/c1-10(2)19-7-13-5-11(3)14(12(4)6-13)21-9-20-8-15(16,17)18/h5-6,10,19H,7-9H2,1-4H3. The van der Waals surface area contributed by atoms with Gasteiger partial charge >= 0.3 is 6.18 Å². The predicted octanol–water partition coefficient (Wildman–Crippen LogP) is 3.72. The van der Waals surface area contributed by atoms with Crippen LogP contribution in [0, 0.1) is 13.8 Å². The zero-order valence-corrected chi connectivity index (χ0v) is 12.8. The average molecular weight is 305 g/mol. The normalized spacial score (nSPS) is 12.0. The minimum absolute atomic E-state index is 0.386. The molecule has 0 saturated heterocycles. The molecule has 0 aromatic heterocycles. The van der Waals surface area contributed by atoms with Crippen LogP contribution in [0.4, 0.5) is 13.2 Å². The van der Waals surface area contributed by atoms with E-state index in [2.05, 4.69) is 23.9 Å². The zero-order valence-electron chi connectivity index (χ0n) is 12.8. The predicted molar refractivity (Wildman–Crippen MR) is 75.4 cm³/mol. The summed E-state index contributed by atoms with van der Waals surface area (Å²) in [6.45, 7) is 6.89. The number of hydrogen-bond donors (Lipinski definition) is 1. The number of rotatable bonds is 7. The van der Waals surface area contributed by atoms with Crippen LogP contribution in [-0.2, 0) is 11.3 Å². The van der Waals surface area contributed by atoms with Crippen molar-refractivity contribution >= 4 is 0 Å². The molecule has 1 aromatic carbocycles. The summed E-state index contributed by atoms with van der Waals surface area (Å²) >= 11 is 0. The van der Waals surface area contributed by atoms with Gasteiger partial charge in [0.25, 0.3) is 0 Å². The summed E-state index contributed by atoms with van der Waals surface area (Å²) < 4.78 is 45.6. The monoisotopic (exact) mass is 305 g/mol. The van der Waals surface area contributed by atoms with E-state index < -0.39 is 19.6 Å². The number of aryl methyl sites for hydroxylation is 2. The lowest BCUT2D eigenvalue weighted by molar-refractivity contribution is -0.186. The molecule has 21 heavy (non-hydrogen) atoms. The molecule has 0 radical (unpaired) electrons. The highest BCUT2D eigenvalue weighted by atomic mass is 19.4. The Hall–Kier alpha value is -1.27. The lowest BCUT2D eigenvalue weighted by Gasteiger charge is -2.15. The first-order valence-corrected chi connectivity index (χ1v) is 6.80. The number of halogens is 3. The second kappa shape index (κ2) is 7.66. The maximum absolute atomic E-state index is 12.0. The van der Waals surface area contributed by atoms with E-state index in [9.17, 15) is 13.2 Å². The van der Waals surface area contributed by atoms with Gasteiger partial charge in [0.2, 0.25) is 0 Å². The molecule has 0 unspecified atom stereocenters. The highest BCUT2D eigenvalue weighted by Crippen LogP contribution is 2.25. The highest BCUT2D eigenvalue weighted by Gasteiger charge is 2.27. The molecule has 0 spiro atoms. The maximum atomic E-state index is 12.0. The topological polar surface area (TPSA) is 30.5 Å². The van der Waals surface area contributed by atoms with Crippen LogP contribution in [0.5, 0.6) is 5.75 Å². The van der Waals surface area contributed by atoms with E-state index in [1.165, 1.54) is 0 Å². The molecule has 6 heteroatoms. The summed E-state index contributed by atoms with van der Waals surface area (Å²) in [6.07, 6.45) is -4.33. The average Bonchev–Trinajstić information content (AvgIpc) is 2.33. The smallest absolute Gasteiger partial charge is 0.411 e. The molecule has 0 atom stereocenters. The van der Waals surface area contributed by atoms with Crippen LogP contribution in [-0.4, -0.2) is 25.6 Å². The van der Waals surface area contributed by atoms with Crippen molar-refractivity contribution in [3.05, 3.63) is 28.8 Å². The molecule has 1 rings (SSSR count). The van der Waals surface area contributed by atoms with Crippen molar-refractivity contribution in [2.24, 2.45) is 0 Å². The Morgan fingerprint density at radius 2 is 1.71 bits per heavy atom. The molecule has 0 aliphatic rings. The lowest BCUT2D eigenvalue weighted by Crippen LogP contribution is -2.22. The van der Waals surface area contributed by atoms with Crippen LogP contribution in [0.3, 0.4) is 0 Å². The third kappa shape index (κ3) is 6.82. The quantitative estimate of drug-likeness (QED) is 0.615. The van der Waals surface area contributed by atoms with E-state index in [1.54, 1.807) is 0 Å². The van der Waals surface area contributed by atoms with Gasteiger partial charge < -0.3 is 14.8 Å². The molecule has 0 saturated carbocycles. The van der Waals surface area contributed by atoms with Crippen molar-refractivity contribution in [2.45, 2.75) is 46.5 Å². The van der Waals surface area contributed by atoms with E-state index in [4.69, 9.17) is 4.74 Å². The molecule has 0 aliphatic carbocycles. The van der Waals surface area contributed by atoms with Crippen LogP contribution in [0.25, 0.3) is 0 Å². The summed E-state index contributed by atoms with van der Waals surface area (Å²) in [5, 5.41) is 3.31. The molecule has 3 nitrogen and oxygen atoms in total. The first-order valence-electron chi connectivity index (χ1n) is 6.80. The van der Waals surface area contributed by atoms with Crippen molar-refractivity contribution < 1.29 is 22.6 Å².